The monoisotopic (exact) mass is 413 g/mol. The van der Waals surface area contributed by atoms with Gasteiger partial charge in [-0.25, -0.2) is 0 Å². The smallest absolute Gasteiger partial charge is 0.263 e. The van der Waals surface area contributed by atoms with Gasteiger partial charge in [0, 0.05) is 31.5 Å². The van der Waals surface area contributed by atoms with Crippen molar-refractivity contribution in [2.45, 2.75) is 31.5 Å². The standard InChI is InChI=1S/C21H22N2O5S/c1-14-5-2-3-6-15(14)18(24)23-16(20(26)27)13-28-21(23)8-10-22(11-9-21)19(25)17-7-4-12-29-17/h2-7,12,16H,8-11,13H2,1H3,(H,26,27)/p-1/t16-/m1/s1. The predicted molar refractivity (Wildman–Crippen MR) is 104 cm³/mol. The Hall–Kier alpha value is -2.71. The van der Waals surface area contributed by atoms with Gasteiger partial charge in [-0.15, -0.1) is 11.3 Å². The third-order valence-electron chi connectivity index (χ3n) is 5.69. The number of piperidine rings is 1. The minimum Gasteiger partial charge on any atom is -0.548 e. The average molecular weight is 413 g/mol. The lowest BCUT2D eigenvalue weighted by Gasteiger charge is -2.45. The van der Waals surface area contributed by atoms with Gasteiger partial charge in [-0.1, -0.05) is 24.3 Å². The molecule has 4 rings (SSSR count). The normalized spacial score (nSPS) is 20.8. The molecule has 1 aromatic carbocycles. The third kappa shape index (κ3) is 3.42. The lowest BCUT2D eigenvalue weighted by atomic mass is 9.96. The lowest BCUT2D eigenvalue weighted by Crippen LogP contribution is -2.60. The topological polar surface area (TPSA) is 90.0 Å². The molecule has 0 unspecified atom stereocenters. The molecule has 1 atom stereocenters. The molecule has 8 heteroatoms. The number of carboxylic acids is 1. The van der Waals surface area contributed by atoms with Crippen LogP contribution in [0.5, 0.6) is 0 Å². The maximum absolute atomic E-state index is 13.3. The van der Waals surface area contributed by atoms with E-state index in [-0.39, 0.29) is 18.4 Å². The summed E-state index contributed by atoms with van der Waals surface area (Å²) >= 11 is 1.38. The highest BCUT2D eigenvalue weighted by molar-refractivity contribution is 7.12. The van der Waals surface area contributed by atoms with Crippen LogP contribution in [0, 0.1) is 6.92 Å². The number of likely N-dealkylation sites (tertiary alicyclic amines) is 1. The number of nitrogens with zero attached hydrogens (tertiary/aromatic N) is 2. The van der Waals surface area contributed by atoms with Crippen LogP contribution in [-0.4, -0.2) is 59.0 Å². The second kappa shape index (κ2) is 7.61. The second-order valence-corrected chi connectivity index (χ2v) is 8.30. The van der Waals surface area contributed by atoms with Crippen molar-refractivity contribution in [2.24, 2.45) is 0 Å². The molecule has 0 aliphatic carbocycles. The van der Waals surface area contributed by atoms with Crippen molar-refractivity contribution in [1.82, 2.24) is 9.80 Å². The van der Waals surface area contributed by atoms with Gasteiger partial charge in [0.25, 0.3) is 11.8 Å². The number of aliphatic carboxylic acids is 1. The summed E-state index contributed by atoms with van der Waals surface area (Å²) in [7, 11) is 0. The number of hydrogen-bond donors (Lipinski definition) is 0. The van der Waals surface area contributed by atoms with E-state index < -0.39 is 17.7 Å². The summed E-state index contributed by atoms with van der Waals surface area (Å²) in [5, 5.41) is 13.6. The Kier molecular flexibility index (Phi) is 5.14. The molecule has 0 saturated carbocycles. The van der Waals surface area contributed by atoms with E-state index in [4.69, 9.17) is 4.74 Å². The fourth-order valence-electron chi connectivity index (χ4n) is 4.11. The van der Waals surface area contributed by atoms with Crippen LogP contribution in [0.2, 0.25) is 0 Å². The van der Waals surface area contributed by atoms with Crippen molar-refractivity contribution in [2.75, 3.05) is 19.7 Å². The van der Waals surface area contributed by atoms with E-state index in [9.17, 15) is 19.5 Å². The van der Waals surface area contributed by atoms with Crippen molar-refractivity contribution in [3.63, 3.8) is 0 Å². The number of carbonyl (C=O) groups excluding carboxylic acids is 3. The van der Waals surface area contributed by atoms with Crippen LogP contribution in [-0.2, 0) is 9.53 Å². The number of carbonyl (C=O) groups is 3. The van der Waals surface area contributed by atoms with Gasteiger partial charge in [-0.3, -0.25) is 14.5 Å². The first-order valence-electron chi connectivity index (χ1n) is 9.50. The second-order valence-electron chi connectivity index (χ2n) is 7.35. The van der Waals surface area contributed by atoms with Crippen molar-refractivity contribution >= 4 is 29.1 Å². The first kappa shape index (κ1) is 19.6. The molecule has 1 aromatic heterocycles. The van der Waals surface area contributed by atoms with Crippen LogP contribution in [0.1, 0.15) is 38.4 Å². The quantitative estimate of drug-likeness (QED) is 0.756. The molecule has 2 amide bonds. The van der Waals surface area contributed by atoms with Gasteiger partial charge in [0.1, 0.15) is 5.72 Å². The van der Waals surface area contributed by atoms with Crippen LogP contribution >= 0.6 is 11.3 Å². The molecule has 0 N–H and O–H groups in total. The van der Waals surface area contributed by atoms with Gasteiger partial charge in [0.05, 0.1) is 23.5 Å². The zero-order valence-electron chi connectivity index (χ0n) is 16.0. The van der Waals surface area contributed by atoms with E-state index in [2.05, 4.69) is 0 Å². The molecule has 2 saturated heterocycles. The molecular formula is C21H21N2O5S-. The van der Waals surface area contributed by atoms with E-state index in [0.29, 0.717) is 36.4 Å². The summed E-state index contributed by atoms with van der Waals surface area (Å²) in [4.78, 5) is 41.4. The van der Waals surface area contributed by atoms with Gasteiger partial charge >= 0.3 is 0 Å². The zero-order chi connectivity index (χ0) is 20.6. The number of rotatable bonds is 3. The van der Waals surface area contributed by atoms with E-state index in [0.717, 1.165) is 5.56 Å². The van der Waals surface area contributed by atoms with E-state index in [1.807, 2.05) is 30.5 Å². The van der Waals surface area contributed by atoms with E-state index in [1.165, 1.54) is 16.2 Å². The fourth-order valence-corrected chi connectivity index (χ4v) is 4.80. The molecule has 0 bridgehead atoms. The molecule has 152 valence electrons. The highest BCUT2D eigenvalue weighted by Crippen LogP contribution is 2.39. The average Bonchev–Trinajstić information content (AvgIpc) is 3.37. The number of amides is 2. The number of benzene rings is 1. The molecule has 2 fully saturated rings. The summed E-state index contributed by atoms with van der Waals surface area (Å²) in [6.07, 6.45) is 0.705. The van der Waals surface area contributed by atoms with Gasteiger partial charge in [0.2, 0.25) is 0 Å². The van der Waals surface area contributed by atoms with Crippen LogP contribution < -0.4 is 5.11 Å². The number of thiophene rings is 1. The Morgan fingerprint density at radius 3 is 2.45 bits per heavy atom. The Labute approximate surface area is 172 Å². The Morgan fingerprint density at radius 1 is 1.10 bits per heavy atom. The summed E-state index contributed by atoms with van der Waals surface area (Å²) in [5.41, 5.74) is 0.166. The summed E-state index contributed by atoms with van der Waals surface area (Å²) in [6.45, 7) is 2.47. The Balaban J connectivity index is 1.59. The highest BCUT2D eigenvalue weighted by Gasteiger charge is 2.52. The maximum Gasteiger partial charge on any atom is 0.263 e. The Morgan fingerprint density at radius 2 is 1.83 bits per heavy atom. The van der Waals surface area contributed by atoms with Gasteiger partial charge in [-0.2, -0.15) is 0 Å². The summed E-state index contributed by atoms with van der Waals surface area (Å²) in [6, 6.07) is 9.54. The summed E-state index contributed by atoms with van der Waals surface area (Å²) < 4.78 is 5.92. The molecule has 1 spiro atoms. The van der Waals surface area contributed by atoms with Crippen molar-refractivity contribution in [1.29, 1.82) is 0 Å². The van der Waals surface area contributed by atoms with Crippen LogP contribution in [0.15, 0.2) is 41.8 Å². The van der Waals surface area contributed by atoms with Crippen LogP contribution in [0.25, 0.3) is 0 Å². The molecule has 3 heterocycles. The van der Waals surface area contributed by atoms with Crippen molar-refractivity contribution in [3.8, 4) is 0 Å². The van der Waals surface area contributed by atoms with Crippen molar-refractivity contribution < 1.29 is 24.2 Å². The molecule has 2 aromatic rings. The maximum atomic E-state index is 13.3. The minimum atomic E-state index is -1.33. The number of carboxylic acid groups (broad SMARTS) is 1. The SMILES string of the molecule is Cc1ccccc1C(=O)N1[C@@H](C(=O)[O-])COC12CCN(C(=O)c1cccs1)CC2. The Bertz CT molecular complexity index is 934. The number of ether oxygens (including phenoxy) is 1. The van der Waals surface area contributed by atoms with Crippen LogP contribution in [0.3, 0.4) is 0 Å². The van der Waals surface area contributed by atoms with Gasteiger partial charge in [0.15, 0.2) is 0 Å². The van der Waals surface area contributed by atoms with E-state index in [1.54, 1.807) is 23.1 Å². The largest absolute Gasteiger partial charge is 0.548 e. The predicted octanol–water partition coefficient (Wildman–Crippen LogP) is 1.28. The van der Waals surface area contributed by atoms with Crippen molar-refractivity contribution in [3.05, 3.63) is 57.8 Å². The number of hydrogen-bond acceptors (Lipinski definition) is 6. The first-order valence-corrected chi connectivity index (χ1v) is 10.4. The van der Waals surface area contributed by atoms with Gasteiger partial charge < -0.3 is 19.5 Å². The van der Waals surface area contributed by atoms with Crippen LogP contribution in [0.4, 0.5) is 0 Å². The minimum absolute atomic E-state index is 0.0546. The molecule has 0 radical (unpaired) electrons. The zero-order valence-corrected chi connectivity index (χ0v) is 16.8. The summed E-state index contributed by atoms with van der Waals surface area (Å²) in [5.74, 6) is -1.77. The molecule has 7 nitrogen and oxygen atoms in total. The molecule has 2 aliphatic heterocycles. The molecular weight excluding hydrogens is 392 g/mol. The third-order valence-corrected chi connectivity index (χ3v) is 6.55. The lowest BCUT2D eigenvalue weighted by molar-refractivity contribution is -0.310. The highest BCUT2D eigenvalue weighted by atomic mass is 32.1. The molecule has 2 aliphatic rings. The fraction of sp³-hybridized carbons (Fsp3) is 0.381. The molecule has 29 heavy (non-hydrogen) atoms. The van der Waals surface area contributed by atoms with E-state index >= 15 is 0 Å². The van der Waals surface area contributed by atoms with Gasteiger partial charge in [-0.05, 0) is 30.0 Å². The number of aryl methyl sites for hydroxylation is 1. The first-order chi connectivity index (χ1) is 13.9.